The van der Waals surface area contributed by atoms with Crippen LogP contribution in [0.15, 0.2) is 18.2 Å². The van der Waals surface area contributed by atoms with Crippen molar-refractivity contribution >= 4 is 23.0 Å². The van der Waals surface area contributed by atoms with E-state index in [-0.39, 0.29) is 10.7 Å². The number of alkyl halides is 3. The van der Waals surface area contributed by atoms with Gasteiger partial charge in [0.1, 0.15) is 0 Å². The lowest BCUT2D eigenvalue weighted by Gasteiger charge is -2.19. The smallest absolute Gasteiger partial charge is 0.397 e. The Morgan fingerprint density at radius 1 is 1.39 bits per heavy atom. The van der Waals surface area contributed by atoms with E-state index in [1.54, 1.807) is 0 Å². The summed E-state index contributed by atoms with van der Waals surface area (Å²) in [7, 11) is 0. The molecular formula is C8H7F3N4O3. The van der Waals surface area contributed by atoms with Crippen molar-refractivity contribution in [2.45, 2.75) is 6.18 Å². The third-order valence-corrected chi connectivity index (χ3v) is 1.95. The number of anilines is 2. The van der Waals surface area contributed by atoms with Crippen LogP contribution in [0.3, 0.4) is 0 Å². The molecule has 0 spiro atoms. The molecule has 0 aliphatic rings. The number of hydrogen-bond donors (Lipinski definition) is 2. The molecule has 0 heterocycles. The van der Waals surface area contributed by atoms with Crippen LogP contribution in [0.1, 0.15) is 0 Å². The second-order valence-electron chi connectivity index (χ2n) is 3.17. The summed E-state index contributed by atoms with van der Waals surface area (Å²) in [5.74, 6) is 2.58. The molecule has 0 bridgehead atoms. The normalized spacial score (nSPS) is 11.1. The summed E-state index contributed by atoms with van der Waals surface area (Å²) >= 11 is 0. The van der Waals surface area contributed by atoms with E-state index < -0.39 is 28.4 Å². The summed E-state index contributed by atoms with van der Waals surface area (Å²) in [5, 5.41) is 10.2. The van der Waals surface area contributed by atoms with Gasteiger partial charge in [0.25, 0.3) is 5.69 Å². The summed E-state index contributed by atoms with van der Waals surface area (Å²) in [4.78, 5) is 20.4. The van der Waals surface area contributed by atoms with Crippen LogP contribution >= 0.6 is 0 Å². The average Bonchev–Trinajstić information content (AvgIpc) is 2.26. The van der Waals surface area contributed by atoms with Gasteiger partial charge in [0.15, 0.2) is 0 Å². The SMILES string of the molecule is Nc1ccc([N+](=O)[O-])cc1N(N)C(=O)C(F)(F)F. The number of nitrogens with zero attached hydrogens (tertiary/aromatic N) is 2. The number of nitro benzene ring substituents is 1. The minimum atomic E-state index is -5.20. The van der Waals surface area contributed by atoms with Gasteiger partial charge in [-0.25, -0.2) is 10.9 Å². The van der Waals surface area contributed by atoms with Crippen LogP contribution in [0.4, 0.5) is 30.2 Å². The maximum Gasteiger partial charge on any atom is 0.473 e. The van der Waals surface area contributed by atoms with E-state index in [9.17, 15) is 28.1 Å². The van der Waals surface area contributed by atoms with Crippen molar-refractivity contribution in [3.05, 3.63) is 28.3 Å². The fourth-order valence-electron chi connectivity index (χ4n) is 1.10. The van der Waals surface area contributed by atoms with E-state index in [0.29, 0.717) is 6.07 Å². The molecule has 4 N–H and O–H groups in total. The van der Waals surface area contributed by atoms with E-state index in [4.69, 9.17) is 11.6 Å². The highest BCUT2D eigenvalue weighted by atomic mass is 19.4. The average molecular weight is 264 g/mol. The molecule has 1 aromatic rings. The number of carbonyl (C=O) groups is 1. The molecule has 1 aromatic carbocycles. The van der Waals surface area contributed by atoms with Crippen molar-refractivity contribution in [3.63, 3.8) is 0 Å². The number of non-ortho nitro benzene ring substituents is 1. The van der Waals surface area contributed by atoms with Gasteiger partial charge in [0, 0.05) is 12.1 Å². The molecule has 0 saturated heterocycles. The third-order valence-electron chi connectivity index (χ3n) is 1.95. The van der Waals surface area contributed by atoms with Gasteiger partial charge < -0.3 is 5.73 Å². The van der Waals surface area contributed by atoms with Crippen molar-refractivity contribution < 1.29 is 22.9 Å². The number of amides is 1. The summed E-state index contributed by atoms with van der Waals surface area (Å²) in [6, 6.07) is 2.64. The summed E-state index contributed by atoms with van der Waals surface area (Å²) in [6.45, 7) is 0. The molecule has 0 aromatic heterocycles. The largest absolute Gasteiger partial charge is 0.473 e. The van der Waals surface area contributed by atoms with Gasteiger partial charge in [-0.2, -0.15) is 13.2 Å². The van der Waals surface area contributed by atoms with Crippen LogP contribution in [0.2, 0.25) is 0 Å². The fourth-order valence-corrected chi connectivity index (χ4v) is 1.10. The molecule has 0 fully saturated rings. The number of benzene rings is 1. The quantitative estimate of drug-likeness (QED) is 0.271. The summed E-state index contributed by atoms with van der Waals surface area (Å²) in [6.07, 6.45) is -5.20. The molecule has 10 heteroatoms. The highest BCUT2D eigenvalue weighted by Crippen LogP contribution is 2.29. The molecule has 1 rings (SSSR count). The molecule has 0 unspecified atom stereocenters. The predicted molar refractivity (Wildman–Crippen MR) is 55.2 cm³/mol. The van der Waals surface area contributed by atoms with Crippen LogP contribution in [-0.2, 0) is 4.79 Å². The van der Waals surface area contributed by atoms with Crippen LogP contribution in [-0.4, -0.2) is 17.0 Å². The minimum Gasteiger partial charge on any atom is -0.397 e. The van der Waals surface area contributed by atoms with E-state index in [1.807, 2.05) is 0 Å². The van der Waals surface area contributed by atoms with E-state index >= 15 is 0 Å². The molecule has 0 saturated carbocycles. The lowest BCUT2D eigenvalue weighted by Crippen LogP contribution is -2.46. The molecule has 1 amide bonds. The number of rotatable bonds is 2. The van der Waals surface area contributed by atoms with Crippen LogP contribution in [0, 0.1) is 10.1 Å². The Morgan fingerprint density at radius 2 is 1.94 bits per heavy atom. The Labute approximate surface area is 97.9 Å². The first-order valence-electron chi connectivity index (χ1n) is 4.34. The molecule has 0 radical (unpaired) electrons. The van der Waals surface area contributed by atoms with E-state index in [0.717, 1.165) is 12.1 Å². The second kappa shape index (κ2) is 4.49. The van der Waals surface area contributed by atoms with E-state index in [1.165, 1.54) is 0 Å². The second-order valence-corrected chi connectivity index (χ2v) is 3.17. The first-order chi connectivity index (χ1) is 8.14. The third kappa shape index (κ3) is 2.66. The summed E-state index contributed by atoms with van der Waals surface area (Å²) in [5.41, 5.74) is 3.89. The zero-order valence-corrected chi connectivity index (χ0v) is 8.64. The molecular weight excluding hydrogens is 257 g/mol. The number of hydrazine groups is 1. The Hall–Kier alpha value is -2.36. The molecule has 98 valence electrons. The molecule has 0 aliphatic carbocycles. The summed E-state index contributed by atoms with van der Waals surface area (Å²) < 4.78 is 36.4. The van der Waals surface area contributed by atoms with Gasteiger partial charge >= 0.3 is 12.1 Å². The van der Waals surface area contributed by atoms with E-state index in [2.05, 4.69) is 0 Å². The number of hydrogen-bond acceptors (Lipinski definition) is 5. The standard InChI is InChI=1S/C8H7F3N4O3/c9-8(10,11)7(16)14(13)6-3-4(15(17)18)1-2-5(6)12/h1-3H,12-13H2. The molecule has 18 heavy (non-hydrogen) atoms. The molecule has 0 atom stereocenters. The van der Waals surface area contributed by atoms with Crippen LogP contribution in [0.5, 0.6) is 0 Å². The topological polar surface area (TPSA) is 115 Å². The maximum absolute atomic E-state index is 12.1. The first kappa shape index (κ1) is 13.7. The Balaban J connectivity index is 3.20. The Kier molecular flexibility index (Phi) is 3.42. The number of nitro groups is 1. The maximum atomic E-state index is 12.1. The number of nitrogens with two attached hydrogens (primary N) is 2. The highest BCUT2D eigenvalue weighted by molar-refractivity contribution is 5.99. The highest BCUT2D eigenvalue weighted by Gasteiger charge is 2.43. The van der Waals surface area contributed by atoms with Gasteiger partial charge in [-0.3, -0.25) is 14.9 Å². The molecule has 7 nitrogen and oxygen atoms in total. The zero-order chi connectivity index (χ0) is 14.1. The lowest BCUT2D eigenvalue weighted by molar-refractivity contribution is -0.384. The molecule has 0 aliphatic heterocycles. The van der Waals surface area contributed by atoms with Crippen LogP contribution < -0.4 is 16.6 Å². The fraction of sp³-hybridized carbons (Fsp3) is 0.125. The monoisotopic (exact) mass is 264 g/mol. The number of carbonyl (C=O) groups excluding carboxylic acids is 1. The predicted octanol–water partition coefficient (Wildman–Crippen LogP) is 0.946. The number of halogens is 3. The minimum absolute atomic E-state index is 0.275. The van der Waals surface area contributed by atoms with Crippen LogP contribution in [0.25, 0.3) is 0 Å². The van der Waals surface area contributed by atoms with Crippen molar-refractivity contribution in [1.82, 2.24) is 0 Å². The van der Waals surface area contributed by atoms with Crippen molar-refractivity contribution in [2.75, 3.05) is 10.7 Å². The zero-order valence-electron chi connectivity index (χ0n) is 8.64. The van der Waals surface area contributed by atoms with Gasteiger partial charge in [-0.15, -0.1) is 0 Å². The Bertz CT molecular complexity index is 503. The van der Waals surface area contributed by atoms with Crippen molar-refractivity contribution in [1.29, 1.82) is 0 Å². The van der Waals surface area contributed by atoms with Crippen molar-refractivity contribution in [3.8, 4) is 0 Å². The van der Waals surface area contributed by atoms with Gasteiger partial charge in [0.05, 0.1) is 16.3 Å². The van der Waals surface area contributed by atoms with Gasteiger partial charge in [-0.05, 0) is 6.07 Å². The number of nitrogen functional groups attached to an aromatic ring is 1. The lowest BCUT2D eigenvalue weighted by atomic mass is 10.2. The van der Waals surface area contributed by atoms with Gasteiger partial charge in [0.2, 0.25) is 0 Å². The van der Waals surface area contributed by atoms with Crippen molar-refractivity contribution in [2.24, 2.45) is 5.84 Å². The first-order valence-corrected chi connectivity index (χ1v) is 4.34. The van der Waals surface area contributed by atoms with Gasteiger partial charge in [-0.1, -0.05) is 0 Å². The Morgan fingerprint density at radius 3 is 2.39 bits per heavy atom.